The van der Waals surface area contributed by atoms with Crippen molar-refractivity contribution >= 4 is 29.1 Å². The number of hydrogen-bond donors (Lipinski definition) is 0. The Balaban J connectivity index is 2.05. The first-order valence-electron chi connectivity index (χ1n) is 5.70. The largest absolute Gasteiger partial charge is 0.302 e. The van der Waals surface area contributed by atoms with Crippen molar-refractivity contribution < 1.29 is 4.39 Å². The summed E-state index contributed by atoms with van der Waals surface area (Å²) in [5.74, 6) is 0.776. The summed E-state index contributed by atoms with van der Waals surface area (Å²) in [7, 11) is 2.11. The van der Waals surface area contributed by atoms with Gasteiger partial charge in [-0.15, -0.1) is 11.8 Å². The lowest BCUT2D eigenvalue weighted by Gasteiger charge is -2.22. The Morgan fingerprint density at radius 3 is 3.18 bits per heavy atom. The van der Waals surface area contributed by atoms with Gasteiger partial charge in [0.05, 0.1) is 18.4 Å². The monoisotopic (exact) mass is 272 g/mol. The lowest BCUT2D eigenvalue weighted by Crippen LogP contribution is -2.25. The summed E-state index contributed by atoms with van der Waals surface area (Å²) < 4.78 is 20.7. The smallest absolute Gasteiger partial charge is 0.138 e. The molecule has 1 aliphatic rings. The summed E-state index contributed by atoms with van der Waals surface area (Å²) in [4.78, 5) is 2.28. The van der Waals surface area contributed by atoms with Crippen LogP contribution in [0.1, 0.15) is 18.5 Å². The second-order valence-corrected chi connectivity index (χ2v) is 5.68. The van der Waals surface area contributed by atoms with Crippen LogP contribution in [0, 0.1) is 0 Å². The molecule has 3 nitrogen and oxygen atoms in total. The van der Waals surface area contributed by atoms with E-state index in [0.717, 1.165) is 36.0 Å². The van der Waals surface area contributed by atoms with Gasteiger partial charge in [0.2, 0.25) is 0 Å². The van der Waals surface area contributed by atoms with Gasteiger partial charge < -0.3 is 4.90 Å². The molecule has 0 fully saturated rings. The molecule has 0 saturated heterocycles. The molecule has 0 saturated carbocycles. The Bertz CT molecular complexity index is 392. The van der Waals surface area contributed by atoms with Crippen molar-refractivity contribution in [1.29, 1.82) is 0 Å². The lowest BCUT2D eigenvalue weighted by atomic mass is 10.1. The maximum atomic E-state index is 12.1. The minimum absolute atomic E-state index is 0.259. The number of rotatable bonds is 5. The fourth-order valence-electron chi connectivity index (χ4n) is 1.76. The zero-order valence-corrected chi connectivity index (χ0v) is 11.5. The minimum atomic E-state index is -0.259. The van der Waals surface area contributed by atoms with Gasteiger partial charge in [-0.25, -0.2) is 0 Å². The molecule has 0 radical (unpaired) electrons. The highest BCUT2D eigenvalue weighted by molar-refractivity contribution is 7.99. The molecule has 2 heterocycles. The minimum Gasteiger partial charge on any atom is -0.302 e. The number of hydrogen-bond acceptors (Lipinski definition) is 5. The van der Waals surface area contributed by atoms with Crippen LogP contribution in [0.5, 0.6) is 0 Å². The highest BCUT2D eigenvalue weighted by atomic mass is 32.2. The molecule has 1 aromatic heterocycles. The van der Waals surface area contributed by atoms with E-state index in [0.29, 0.717) is 6.42 Å². The van der Waals surface area contributed by atoms with Crippen molar-refractivity contribution in [1.82, 2.24) is 13.6 Å². The van der Waals surface area contributed by atoms with Crippen LogP contribution in [0.2, 0.25) is 0 Å². The number of halogens is 1. The molecule has 0 unspecified atom stereocenters. The summed E-state index contributed by atoms with van der Waals surface area (Å²) in [5, 5.41) is 0.963. The van der Waals surface area contributed by atoms with Crippen molar-refractivity contribution in [3.63, 3.8) is 0 Å². The highest BCUT2D eigenvalue weighted by Gasteiger charge is 2.17. The molecular weight excluding hydrogens is 256 g/mol. The van der Waals surface area contributed by atoms with Gasteiger partial charge >= 0.3 is 0 Å². The van der Waals surface area contributed by atoms with Crippen LogP contribution < -0.4 is 0 Å². The molecule has 0 N–H and O–H groups in total. The predicted molar refractivity (Wildman–Crippen MR) is 71.3 cm³/mol. The molecule has 0 aromatic carbocycles. The van der Waals surface area contributed by atoms with E-state index in [9.17, 15) is 4.39 Å². The van der Waals surface area contributed by atoms with E-state index in [2.05, 4.69) is 26.8 Å². The average molecular weight is 272 g/mol. The van der Waals surface area contributed by atoms with E-state index in [4.69, 9.17) is 0 Å². The van der Waals surface area contributed by atoms with Crippen molar-refractivity contribution in [2.24, 2.45) is 0 Å². The number of alkyl halides is 1. The zero-order chi connectivity index (χ0) is 12.1. The molecule has 0 atom stereocenters. The number of likely N-dealkylation sites (N-methyl/N-ethyl adjacent to an activating group) is 1. The van der Waals surface area contributed by atoms with Gasteiger partial charge in [0.1, 0.15) is 10.7 Å². The highest BCUT2D eigenvalue weighted by Crippen LogP contribution is 2.28. The van der Waals surface area contributed by atoms with Crippen molar-refractivity contribution in [3.8, 4) is 0 Å². The van der Waals surface area contributed by atoms with Crippen LogP contribution in [-0.4, -0.2) is 46.2 Å². The Morgan fingerprint density at radius 1 is 1.53 bits per heavy atom. The van der Waals surface area contributed by atoms with Gasteiger partial charge in [0.15, 0.2) is 0 Å². The normalized spacial score (nSPS) is 17.2. The third-order valence-corrected chi connectivity index (χ3v) is 4.32. The molecule has 2 rings (SSSR count). The van der Waals surface area contributed by atoms with Crippen LogP contribution in [0.3, 0.4) is 0 Å². The maximum Gasteiger partial charge on any atom is 0.138 e. The van der Waals surface area contributed by atoms with E-state index in [1.54, 1.807) is 11.8 Å². The van der Waals surface area contributed by atoms with Gasteiger partial charge in [-0.2, -0.15) is 8.75 Å². The second kappa shape index (κ2) is 6.47. The van der Waals surface area contributed by atoms with Crippen molar-refractivity contribution in [3.05, 3.63) is 11.8 Å². The molecule has 94 valence electrons. The van der Waals surface area contributed by atoms with Crippen LogP contribution in [0.25, 0.3) is 5.57 Å². The topological polar surface area (TPSA) is 29.0 Å². The van der Waals surface area contributed by atoms with Gasteiger partial charge in [0.25, 0.3) is 0 Å². The van der Waals surface area contributed by atoms with Crippen LogP contribution in [0.4, 0.5) is 4.39 Å². The standard InChI is InChI=1S/C11H16FN3S2/c1-15-6-2-4-9(8-15)10-11(14-17-13-10)16-7-3-5-12/h4H,2-3,5-8H2,1H3/i12-1. The van der Waals surface area contributed by atoms with Crippen LogP contribution >= 0.6 is 23.5 Å². The molecular formula is C11H16FN3S2. The number of thioether (sulfide) groups is 1. The van der Waals surface area contributed by atoms with Crippen molar-refractivity contribution in [2.45, 2.75) is 17.9 Å². The Kier molecular flexibility index (Phi) is 4.94. The van der Waals surface area contributed by atoms with E-state index in [1.807, 2.05) is 0 Å². The fraction of sp³-hybridized carbons (Fsp3) is 0.636. The molecule has 1 aromatic rings. The van der Waals surface area contributed by atoms with Gasteiger partial charge in [-0.1, -0.05) is 6.08 Å². The third kappa shape index (κ3) is 3.50. The van der Waals surface area contributed by atoms with E-state index >= 15 is 0 Å². The summed E-state index contributed by atoms with van der Waals surface area (Å²) in [6.45, 7) is 1.78. The van der Waals surface area contributed by atoms with Gasteiger partial charge in [0, 0.05) is 18.8 Å². The molecule has 0 bridgehead atoms. The Morgan fingerprint density at radius 2 is 2.41 bits per heavy atom. The maximum absolute atomic E-state index is 12.1. The van der Waals surface area contributed by atoms with E-state index < -0.39 is 0 Å². The second-order valence-electron chi connectivity index (χ2n) is 4.06. The molecule has 0 aliphatic carbocycles. The molecule has 6 heteroatoms. The Labute approximate surface area is 109 Å². The summed E-state index contributed by atoms with van der Waals surface area (Å²) in [6, 6.07) is 0. The average Bonchev–Trinajstić information content (AvgIpc) is 2.78. The predicted octanol–water partition coefficient (Wildman–Crippen LogP) is 2.71. The molecule has 0 spiro atoms. The number of aromatic nitrogens is 2. The quantitative estimate of drug-likeness (QED) is 0.609. The third-order valence-electron chi connectivity index (χ3n) is 2.62. The zero-order valence-electron chi connectivity index (χ0n) is 9.86. The first kappa shape index (κ1) is 13.0. The van der Waals surface area contributed by atoms with Crippen molar-refractivity contribution in [2.75, 3.05) is 32.6 Å². The summed E-state index contributed by atoms with van der Waals surface area (Å²) in [5.41, 5.74) is 2.26. The number of nitrogens with zero attached hydrogens (tertiary/aromatic N) is 3. The molecule has 17 heavy (non-hydrogen) atoms. The summed E-state index contributed by atoms with van der Waals surface area (Å²) in [6.07, 6.45) is 3.90. The van der Waals surface area contributed by atoms with Gasteiger partial charge in [-0.05, 0) is 25.5 Å². The van der Waals surface area contributed by atoms with Crippen LogP contribution in [0.15, 0.2) is 11.1 Å². The first-order chi connectivity index (χ1) is 8.31. The molecule has 1 aliphatic heterocycles. The van der Waals surface area contributed by atoms with E-state index in [-0.39, 0.29) is 6.67 Å². The Hall–Kier alpha value is -0.460. The SMILES string of the molecule is CN1CCC=C(c2nsnc2SCCC[18F])C1. The van der Waals surface area contributed by atoms with E-state index in [1.165, 1.54) is 17.3 Å². The first-order valence-corrected chi connectivity index (χ1v) is 7.42. The van der Waals surface area contributed by atoms with Crippen LogP contribution in [-0.2, 0) is 0 Å². The van der Waals surface area contributed by atoms with Gasteiger partial charge in [-0.3, -0.25) is 4.39 Å². The molecule has 0 amide bonds. The lowest BCUT2D eigenvalue weighted by molar-refractivity contribution is 0.372. The fourth-order valence-corrected chi connectivity index (χ4v) is 3.38. The summed E-state index contributed by atoms with van der Waals surface area (Å²) >= 11 is 2.86.